The normalized spacial score (nSPS) is 23.0. The summed E-state index contributed by atoms with van der Waals surface area (Å²) in [7, 11) is 1.66. The highest BCUT2D eigenvalue weighted by Crippen LogP contribution is 2.31. The third kappa shape index (κ3) is 2.68. The van der Waals surface area contributed by atoms with Crippen molar-refractivity contribution in [2.75, 3.05) is 12.4 Å². The quantitative estimate of drug-likeness (QED) is 0.512. The van der Waals surface area contributed by atoms with Gasteiger partial charge in [-0.05, 0) is 19.3 Å². The third-order valence-corrected chi connectivity index (χ3v) is 3.30. The Morgan fingerprint density at radius 3 is 2.94 bits per heavy atom. The van der Waals surface area contributed by atoms with E-state index < -0.39 is 4.92 Å². The first-order valence-corrected chi connectivity index (χ1v) is 5.93. The molecule has 0 aromatic carbocycles. The standard InChI is InChI=1S/C10H13ClN4O3/c1-18-7-3-2-6(4-7)14-10-8(15(16)17)9(11)12-5-13-10/h5-7H,2-4H2,1H3,(H,12,13,14). The summed E-state index contributed by atoms with van der Waals surface area (Å²) < 4.78 is 5.25. The van der Waals surface area contributed by atoms with Crippen molar-refractivity contribution in [2.45, 2.75) is 31.4 Å². The van der Waals surface area contributed by atoms with Gasteiger partial charge in [-0.3, -0.25) is 10.1 Å². The summed E-state index contributed by atoms with van der Waals surface area (Å²) in [5.41, 5.74) is -0.278. The molecule has 2 unspecified atom stereocenters. The van der Waals surface area contributed by atoms with Gasteiger partial charge in [0.25, 0.3) is 0 Å². The SMILES string of the molecule is COC1CCC(Nc2ncnc(Cl)c2[N+](=O)[O-])C1. The molecule has 0 radical (unpaired) electrons. The van der Waals surface area contributed by atoms with Gasteiger partial charge in [0.1, 0.15) is 6.33 Å². The fourth-order valence-electron chi connectivity index (χ4n) is 2.10. The molecule has 1 N–H and O–H groups in total. The molecule has 1 fully saturated rings. The number of hydrogen-bond acceptors (Lipinski definition) is 6. The number of rotatable bonds is 4. The van der Waals surface area contributed by atoms with Gasteiger partial charge in [0, 0.05) is 13.2 Å². The molecule has 1 aromatic heterocycles. The predicted octanol–water partition coefficient (Wildman–Crippen LogP) is 2.02. The molecular weight excluding hydrogens is 260 g/mol. The summed E-state index contributed by atoms with van der Waals surface area (Å²) in [5, 5.41) is 13.8. The lowest BCUT2D eigenvalue weighted by atomic mass is 10.2. The molecule has 2 rings (SSSR count). The van der Waals surface area contributed by atoms with Crippen LogP contribution in [0.25, 0.3) is 0 Å². The first-order chi connectivity index (χ1) is 8.61. The second kappa shape index (κ2) is 5.45. The highest BCUT2D eigenvalue weighted by Gasteiger charge is 2.28. The first-order valence-electron chi connectivity index (χ1n) is 5.56. The smallest absolute Gasteiger partial charge is 0.348 e. The number of nitrogens with one attached hydrogen (secondary N) is 1. The minimum atomic E-state index is -0.576. The van der Waals surface area contributed by atoms with Gasteiger partial charge >= 0.3 is 5.69 Å². The summed E-state index contributed by atoms with van der Waals surface area (Å²) >= 11 is 5.71. The molecule has 1 aromatic rings. The van der Waals surface area contributed by atoms with Crippen molar-refractivity contribution in [3.63, 3.8) is 0 Å². The van der Waals surface area contributed by atoms with Crippen molar-refractivity contribution in [1.29, 1.82) is 0 Å². The summed E-state index contributed by atoms with van der Waals surface area (Å²) in [5.74, 6) is 0.168. The van der Waals surface area contributed by atoms with Crippen molar-refractivity contribution < 1.29 is 9.66 Å². The Balaban J connectivity index is 2.15. The molecule has 7 nitrogen and oxygen atoms in total. The highest BCUT2D eigenvalue weighted by atomic mass is 35.5. The zero-order valence-electron chi connectivity index (χ0n) is 9.80. The van der Waals surface area contributed by atoms with Gasteiger partial charge in [0.2, 0.25) is 11.0 Å². The fourth-order valence-corrected chi connectivity index (χ4v) is 2.31. The Labute approximate surface area is 109 Å². The van der Waals surface area contributed by atoms with E-state index in [-0.39, 0.29) is 28.8 Å². The Bertz CT molecular complexity index is 457. The molecule has 1 saturated carbocycles. The molecule has 0 saturated heterocycles. The van der Waals surface area contributed by atoms with Crippen LogP contribution in [0.5, 0.6) is 0 Å². The first kappa shape index (κ1) is 13.0. The molecule has 1 heterocycles. The number of ether oxygens (including phenoxy) is 1. The van der Waals surface area contributed by atoms with Gasteiger partial charge in [0.05, 0.1) is 11.0 Å². The third-order valence-electron chi connectivity index (χ3n) is 3.02. The molecule has 1 aliphatic carbocycles. The van der Waals surface area contributed by atoms with Crippen molar-refractivity contribution in [1.82, 2.24) is 9.97 Å². The van der Waals surface area contributed by atoms with Crippen molar-refractivity contribution in [3.05, 3.63) is 21.6 Å². The van der Waals surface area contributed by atoms with Crippen LogP contribution in [-0.4, -0.2) is 34.1 Å². The van der Waals surface area contributed by atoms with E-state index in [0.29, 0.717) is 0 Å². The lowest BCUT2D eigenvalue weighted by Gasteiger charge is -2.13. The highest BCUT2D eigenvalue weighted by molar-refractivity contribution is 6.31. The second-order valence-corrected chi connectivity index (χ2v) is 4.49. The van der Waals surface area contributed by atoms with Crippen LogP contribution in [0.2, 0.25) is 5.15 Å². The van der Waals surface area contributed by atoms with Crippen LogP contribution in [0.3, 0.4) is 0 Å². The van der Waals surface area contributed by atoms with E-state index in [2.05, 4.69) is 15.3 Å². The van der Waals surface area contributed by atoms with Crippen LogP contribution in [0.4, 0.5) is 11.5 Å². The number of methoxy groups -OCH3 is 1. The molecule has 0 amide bonds. The monoisotopic (exact) mass is 272 g/mol. The maximum absolute atomic E-state index is 10.9. The summed E-state index contributed by atoms with van der Waals surface area (Å²) in [6.07, 6.45) is 4.02. The maximum Gasteiger partial charge on any atom is 0.348 e. The van der Waals surface area contributed by atoms with E-state index in [9.17, 15) is 10.1 Å². The Morgan fingerprint density at radius 1 is 1.56 bits per heavy atom. The van der Waals surface area contributed by atoms with Gasteiger partial charge in [-0.15, -0.1) is 0 Å². The Kier molecular flexibility index (Phi) is 3.93. The van der Waals surface area contributed by atoms with E-state index in [4.69, 9.17) is 16.3 Å². The molecule has 18 heavy (non-hydrogen) atoms. The molecule has 98 valence electrons. The Morgan fingerprint density at radius 2 is 2.33 bits per heavy atom. The molecule has 0 aliphatic heterocycles. The summed E-state index contributed by atoms with van der Waals surface area (Å²) in [4.78, 5) is 17.8. The molecule has 0 bridgehead atoms. The number of halogens is 1. The van der Waals surface area contributed by atoms with Crippen LogP contribution in [-0.2, 0) is 4.74 Å². The lowest BCUT2D eigenvalue weighted by Crippen LogP contribution is -2.19. The summed E-state index contributed by atoms with van der Waals surface area (Å²) in [6, 6.07) is 0.111. The number of hydrogen-bond donors (Lipinski definition) is 1. The van der Waals surface area contributed by atoms with Gasteiger partial charge in [0.15, 0.2) is 0 Å². The van der Waals surface area contributed by atoms with Gasteiger partial charge in [-0.2, -0.15) is 0 Å². The zero-order valence-corrected chi connectivity index (χ0v) is 10.6. The number of nitro groups is 1. The van der Waals surface area contributed by atoms with E-state index in [0.717, 1.165) is 19.3 Å². The van der Waals surface area contributed by atoms with Crippen LogP contribution in [0.15, 0.2) is 6.33 Å². The minimum Gasteiger partial charge on any atom is -0.381 e. The second-order valence-electron chi connectivity index (χ2n) is 4.13. The predicted molar refractivity (Wildman–Crippen MR) is 65.8 cm³/mol. The molecule has 0 spiro atoms. The van der Waals surface area contributed by atoms with Crippen molar-refractivity contribution in [3.8, 4) is 0 Å². The van der Waals surface area contributed by atoms with Gasteiger partial charge < -0.3 is 10.1 Å². The average molecular weight is 273 g/mol. The van der Waals surface area contributed by atoms with Crippen molar-refractivity contribution in [2.24, 2.45) is 0 Å². The Hall–Kier alpha value is -1.47. The molecule has 2 atom stereocenters. The van der Waals surface area contributed by atoms with E-state index in [1.807, 2.05) is 0 Å². The average Bonchev–Trinajstić information content (AvgIpc) is 2.76. The van der Waals surface area contributed by atoms with E-state index in [1.54, 1.807) is 7.11 Å². The molecular formula is C10H13ClN4O3. The fraction of sp³-hybridized carbons (Fsp3) is 0.600. The summed E-state index contributed by atoms with van der Waals surface area (Å²) in [6.45, 7) is 0. The van der Waals surface area contributed by atoms with Crippen LogP contribution >= 0.6 is 11.6 Å². The lowest BCUT2D eigenvalue weighted by molar-refractivity contribution is -0.384. The topological polar surface area (TPSA) is 90.2 Å². The van der Waals surface area contributed by atoms with Crippen molar-refractivity contribution >= 4 is 23.1 Å². The van der Waals surface area contributed by atoms with Crippen LogP contribution in [0.1, 0.15) is 19.3 Å². The van der Waals surface area contributed by atoms with Crippen LogP contribution in [0, 0.1) is 10.1 Å². The molecule has 8 heteroatoms. The van der Waals surface area contributed by atoms with E-state index in [1.165, 1.54) is 6.33 Å². The van der Waals surface area contributed by atoms with Gasteiger partial charge in [-0.25, -0.2) is 9.97 Å². The molecule has 1 aliphatic rings. The number of nitrogens with zero attached hydrogens (tertiary/aromatic N) is 3. The van der Waals surface area contributed by atoms with Gasteiger partial charge in [-0.1, -0.05) is 11.6 Å². The minimum absolute atomic E-state index is 0.111. The maximum atomic E-state index is 10.9. The van der Waals surface area contributed by atoms with E-state index >= 15 is 0 Å². The number of anilines is 1. The number of aromatic nitrogens is 2. The zero-order chi connectivity index (χ0) is 13.1. The van der Waals surface area contributed by atoms with Crippen LogP contribution < -0.4 is 5.32 Å². The largest absolute Gasteiger partial charge is 0.381 e.